The standard InChI is InChI=1S/C22H27F3N2O/c1-15(14-18-6-12-21(28-5)13-7-18)16(2)17(3)26-27(4)20-10-8-19(9-11-20)22(23,24)25/h6-13,15-16H,14H2,1-5H3/b26-17-. The number of hydrazone groups is 1. The lowest BCUT2D eigenvalue weighted by molar-refractivity contribution is -0.137. The molecule has 2 atom stereocenters. The molecule has 3 nitrogen and oxygen atoms in total. The van der Waals surface area contributed by atoms with Crippen LogP contribution in [0.3, 0.4) is 0 Å². The number of hydrogen-bond donors (Lipinski definition) is 0. The molecule has 0 aliphatic carbocycles. The van der Waals surface area contributed by atoms with Crippen molar-refractivity contribution in [1.29, 1.82) is 0 Å². The van der Waals surface area contributed by atoms with Gasteiger partial charge in [0.15, 0.2) is 0 Å². The summed E-state index contributed by atoms with van der Waals surface area (Å²) >= 11 is 0. The second kappa shape index (κ2) is 9.13. The second-order valence-corrected chi connectivity index (χ2v) is 7.13. The summed E-state index contributed by atoms with van der Waals surface area (Å²) in [5.74, 6) is 1.41. The summed E-state index contributed by atoms with van der Waals surface area (Å²) in [7, 11) is 3.39. The summed E-state index contributed by atoms with van der Waals surface area (Å²) in [6.07, 6.45) is -3.43. The second-order valence-electron chi connectivity index (χ2n) is 7.13. The Labute approximate surface area is 164 Å². The molecule has 0 aliphatic rings. The number of nitrogens with zero attached hydrogens (tertiary/aromatic N) is 2. The normalized spacial score (nSPS) is 14.5. The van der Waals surface area contributed by atoms with Crippen molar-refractivity contribution in [1.82, 2.24) is 0 Å². The van der Waals surface area contributed by atoms with Gasteiger partial charge in [-0.3, -0.25) is 5.01 Å². The van der Waals surface area contributed by atoms with Gasteiger partial charge in [0.1, 0.15) is 5.75 Å². The number of alkyl halides is 3. The van der Waals surface area contributed by atoms with Crippen LogP contribution in [0.5, 0.6) is 5.75 Å². The van der Waals surface area contributed by atoms with Crippen molar-refractivity contribution in [2.75, 3.05) is 19.2 Å². The number of rotatable bonds is 7. The van der Waals surface area contributed by atoms with Gasteiger partial charge in [0.05, 0.1) is 18.4 Å². The highest BCUT2D eigenvalue weighted by atomic mass is 19.4. The fraction of sp³-hybridized carbons (Fsp3) is 0.409. The van der Waals surface area contributed by atoms with Crippen molar-refractivity contribution < 1.29 is 17.9 Å². The molecule has 152 valence electrons. The van der Waals surface area contributed by atoms with E-state index in [-0.39, 0.29) is 5.92 Å². The third kappa shape index (κ3) is 5.75. The minimum absolute atomic E-state index is 0.221. The first kappa shape index (κ1) is 21.8. The van der Waals surface area contributed by atoms with Gasteiger partial charge in [-0.2, -0.15) is 18.3 Å². The molecule has 2 aromatic rings. The molecule has 2 unspecified atom stereocenters. The largest absolute Gasteiger partial charge is 0.497 e. The molecule has 6 heteroatoms. The van der Waals surface area contributed by atoms with E-state index >= 15 is 0 Å². The summed E-state index contributed by atoms with van der Waals surface area (Å²) in [5, 5.41) is 6.19. The first-order valence-corrected chi connectivity index (χ1v) is 9.20. The lowest BCUT2D eigenvalue weighted by atomic mass is 9.87. The molecule has 0 saturated carbocycles. The van der Waals surface area contributed by atoms with Crippen LogP contribution in [0.1, 0.15) is 31.9 Å². The molecule has 0 fully saturated rings. The van der Waals surface area contributed by atoms with Crippen LogP contribution in [0.15, 0.2) is 53.6 Å². The highest BCUT2D eigenvalue weighted by molar-refractivity contribution is 5.85. The van der Waals surface area contributed by atoms with Gasteiger partial charge in [-0.05, 0) is 67.1 Å². The molecule has 0 aliphatic heterocycles. The molecule has 0 amide bonds. The first-order valence-electron chi connectivity index (χ1n) is 9.20. The van der Waals surface area contributed by atoms with Crippen molar-refractivity contribution >= 4 is 11.4 Å². The third-order valence-corrected chi connectivity index (χ3v) is 5.11. The zero-order valence-corrected chi connectivity index (χ0v) is 16.9. The van der Waals surface area contributed by atoms with E-state index in [0.29, 0.717) is 11.6 Å². The topological polar surface area (TPSA) is 24.8 Å². The summed E-state index contributed by atoms with van der Waals surface area (Å²) < 4.78 is 43.3. The number of hydrogen-bond acceptors (Lipinski definition) is 3. The minimum atomic E-state index is -4.33. The number of ether oxygens (including phenoxy) is 1. The van der Waals surface area contributed by atoms with Gasteiger partial charge in [-0.1, -0.05) is 26.0 Å². The lowest BCUT2D eigenvalue weighted by Gasteiger charge is -2.22. The maximum Gasteiger partial charge on any atom is 0.416 e. The molecular formula is C22H27F3N2O. The molecule has 0 saturated heterocycles. The van der Waals surface area contributed by atoms with E-state index in [1.807, 2.05) is 19.1 Å². The van der Waals surface area contributed by atoms with Crippen LogP contribution in [0, 0.1) is 11.8 Å². The summed E-state index contributed by atoms with van der Waals surface area (Å²) in [6, 6.07) is 13.0. The Hall–Kier alpha value is -2.50. The van der Waals surface area contributed by atoms with Crippen molar-refractivity contribution in [2.45, 2.75) is 33.4 Å². The Bertz CT molecular complexity index is 783. The maximum atomic E-state index is 12.7. The van der Waals surface area contributed by atoms with Gasteiger partial charge in [0, 0.05) is 12.8 Å². The van der Waals surface area contributed by atoms with Gasteiger partial charge in [-0.25, -0.2) is 0 Å². The molecular weight excluding hydrogens is 365 g/mol. The van der Waals surface area contributed by atoms with Gasteiger partial charge in [0.25, 0.3) is 0 Å². The number of benzene rings is 2. The minimum Gasteiger partial charge on any atom is -0.497 e. The average molecular weight is 392 g/mol. The quantitative estimate of drug-likeness (QED) is 0.424. The molecule has 28 heavy (non-hydrogen) atoms. The van der Waals surface area contributed by atoms with E-state index in [1.165, 1.54) is 17.7 Å². The maximum absolute atomic E-state index is 12.7. The number of methoxy groups -OCH3 is 1. The van der Waals surface area contributed by atoms with E-state index in [9.17, 15) is 13.2 Å². The highest BCUT2D eigenvalue weighted by Gasteiger charge is 2.30. The molecule has 0 spiro atoms. The Morgan fingerprint density at radius 2 is 1.61 bits per heavy atom. The molecule has 0 heterocycles. The number of anilines is 1. The van der Waals surface area contributed by atoms with Gasteiger partial charge in [-0.15, -0.1) is 0 Å². The summed E-state index contributed by atoms with van der Waals surface area (Å²) in [5.41, 5.74) is 2.11. The molecule has 0 aromatic heterocycles. The van der Waals surface area contributed by atoms with Gasteiger partial charge in [0.2, 0.25) is 0 Å². The van der Waals surface area contributed by atoms with Crippen molar-refractivity contribution in [2.24, 2.45) is 16.9 Å². The van der Waals surface area contributed by atoms with E-state index < -0.39 is 11.7 Å². The van der Waals surface area contributed by atoms with E-state index in [1.54, 1.807) is 19.2 Å². The molecule has 0 bridgehead atoms. The Morgan fingerprint density at radius 3 is 2.11 bits per heavy atom. The van der Waals surface area contributed by atoms with Crippen LogP contribution in [-0.4, -0.2) is 19.9 Å². The van der Waals surface area contributed by atoms with Crippen LogP contribution in [0.4, 0.5) is 18.9 Å². The fourth-order valence-electron chi connectivity index (χ4n) is 2.97. The van der Waals surface area contributed by atoms with Crippen molar-refractivity contribution in [3.8, 4) is 5.75 Å². The van der Waals surface area contributed by atoms with Crippen LogP contribution in [0.2, 0.25) is 0 Å². The highest BCUT2D eigenvalue weighted by Crippen LogP contribution is 2.30. The van der Waals surface area contributed by atoms with Crippen LogP contribution in [-0.2, 0) is 12.6 Å². The predicted molar refractivity (Wildman–Crippen MR) is 108 cm³/mol. The molecule has 2 aromatic carbocycles. The summed E-state index contributed by atoms with van der Waals surface area (Å²) in [6.45, 7) is 6.25. The van der Waals surface area contributed by atoms with E-state index in [4.69, 9.17) is 4.74 Å². The monoisotopic (exact) mass is 392 g/mol. The summed E-state index contributed by atoms with van der Waals surface area (Å²) in [4.78, 5) is 0. The van der Waals surface area contributed by atoms with Crippen molar-refractivity contribution in [3.05, 3.63) is 59.7 Å². The average Bonchev–Trinajstić information content (AvgIpc) is 2.67. The SMILES string of the molecule is COc1ccc(CC(C)C(C)/C(C)=N\N(C)c2ccc(C(F)(F)F)cc2)cc1. The molecule has 0 N–H and O–H groups in total. The van der Waals surface area contributed by atoms with E-state index in [2.05, 4.69) is 31.1 Å². The molecule has 2 rings (SSSR count). The zero-order valence-electron chi connectivity index (χ0n) is 16.9. The third-order valence-electron chi connectivity index (χ3n) is 5.11. The van der Waals surface area contributed by atoms with Gasteiger partial charge < -0.3 is 4.74 Å². The fourth-order valence-corrected chi connectivity index (χ4v) is 2.97. The zero-order chi connectivity index (χ0) is 20.9. The lowest BCUT2D eigenvalue weighted by Crippen LogP contribution is -2.22. The smallest absolute Gasteiger partial charge is 0.416 e. The first-order chi connectivity index (χ1) is 13.1. The molecule has 0 radical (unpaired) electrons. The van der Waals surface area contributed by atoms with Crippen LogP contribution in [0.25, 0.3) is 0 Å². The van der Waals surface area contributed by atoms with Gasteiger partial charge >= 0.3 is 6.18 Å². The van der Waals surface area contributed by atoms with E-state index in [0.717, 1.165) is 30.0 Å². The Kier molecular flexibility index (Phi) is 7.11. The van der Waals surface area contributed by atoms with Crippen LogP contribution >= 0.6 is 0 Å². The Morgan fingerprint density at radius 1 is 1.04 bits per heavy atom. The number of halogens is 3. The predicted octanol–water partition coefficient (Wildman–Crippen LogP) is 6.04. The Balaban J connectivity index is 2.03. The van der Waals surface area contributed by atoms with Crippen molar-refractivity contribution in [3.63, 3.8) is 0 Å². The van der Waals surface area contributed by atoms with Crippen LogP contribution < -0.4 is 9.75 Å².